The van der Waals surface area contributed by atoms with Crippen LogP contribution in [0.1, 0.15) is 49.2 Å². The SMILES string of the molecule is CC(C)C(=O)c1cc(-c2cc(/C=C3\SC(=O)NC3=O)ccc2OC(F)(F)F)c2c(c1)C(C)(C)CO2. The van der Waals surface area contributed by atoms with Crippen molar-refractivity contribution >= 4 is 34.8 Å². The Morgan fingerprint density at radius 2 is 1.89 bits per heavy atom. The van der Waals surface area contributed by atoms with Crippen LogP contribution in [0.4, 0.5) is 18.0 Å². The monoisotopic (exact) mass is 505 g/mol. The number of Topliss-reactive ketones (excluding diaryl/α,β-unsaturated/α-hetero) is 1. The van der Waals surface area contributed by atoms with E-state index in [0.717, 1.165) is 6.07 Å². The number of carbonyl (C=O) groups is 3. The van der Waals surface area contributed by atoms with Gasteiger partial charge in [-0.3, -0.25) is 19.7 Å². The van der Waals surface area contributed by atoms with E-state index < -0.39 is 28.7 Å². The fourth-order valence-electron chi connectivity index (χ4n) is 3.93. The third-order valence-electron chi connectivity index (χ3n) is 5.66. The number of thioether (sulfide) groups is 1. The summed E-state index contributed by atoms with van der Waals surface area (Å²) in [6.45, 7) is 7.62. The first-order chi connectivity index (χ1) is 16.2. The summed E-state index contributed by atoms with van der Waals surface area (Å²) in [5.41, 5.74) is 1.27. The lowest BCUT2D eigenvalue weighted by Gasteiger charge is -2.19. The number of hydrogen-bond acceptors (Lipinski definition) is 6. The van der Waals surface area contributed by atoms with Gasteiger partial charge in [0, 0.05) is 33.6 Å². The predicted molar refractivity (Wildman–Crippen MR) is 125 cm³/mol. The molecule has 0 aromatic heterocycles. The molecule has 0 radical (unpaired) electrons. The molecule has 35 heavy (non-hydrogen) atoms. The number of fused-ring (bicyclic) bond motifs is 1. The van der Waals surface area contributed by atoms with Crippen LogP contribution >= 0.6 is 11.8 Å². The van der Waals surface area contributed by atoms with Crippen LogP contribution in [0.2, 0.25) is 0 Å². The Hall–Kier alpha value is -3.27. The second-order valence-corrected chi connectivity index (χ2v) is 10.3. The van der Waals surface area contributed by atoms with E-state index in [1.807, 2.05) is 13.8 Å². The number of benzene rings is 2. The fourth-order valence-corrected chi connectivity index (χ4v) is 4.61. The summed E-state index contributed by atoms with van der Waals surface area (Å²) in [6.07, 6.45) is -3.56. The highest BCUT2D eigenvalue weighted by atomic mass is 32.2. The minimum atomic E-state index is -4.96. The van der Waals surface area contributed by atoms with Gasteiger partial charge in [0.1, 0.15) is 11.5 Å². The molecule has 0 spiro atoms. The van der Waals surface area contributed by atoms with Gasteiger partial charge in [-0.05, 0) is 47.7 Å². The molecule has 10 heteroatoms. The average Bonchev–Trinajstić information content (AvgIpc) is 3.24. The van der Waals surface area contributed by atoms with Crippen LogP contribution in [0.15, 0.2) is 35.2 Å². The standard InChI is InChI=1S/C25H22F3NO5S/c1-12(2)20(30)14-9-16(21-17(10-14)24(3,4)11-33-21)15-7-13(5-6-18(15)34-25(26,27)28)8-19-22(31)29-23(32)35-19/h5-10,12H,11H2,1-4H3,(H,29,31,32)/b19-8-. The maximum Gasteiger partial charge on any atom is 0.573 e. The molecule has 2 amide bonds. The number of imide groups is 1. The van der Waals surface area contributed by atoms with Gasteiger partial charge in [-0.1, -0.05) is 33.8 Å². The normalized spacial score (nSPS) is 18.0. The van der Waals surface area contributed by atoms with Crippen LogP contribution in [-0.4, -0.2) is 29.9 Å². The summed E-state index contributed by atoms with van der Waals surface area (Å²) in [5.74, 6) is -1.19. The molecule has 0 aliphatic carbocycles. The highest BCUT2D eigenvalue weighted by Gasteiger charge is 2.37. The van der Waals surface area contributed by atoms with Crippen LogP contribution in [0.3, 0.4) is 0 Å². The van der Waals surface area contributed by atoms with Gasteiger partial charge < -0.3 is 9.47 Å². The van der Waals surface area contributed by atoms with Gasteiger partial charge in [-0.15, -0.1) is 13.2 Å². The van der Waals surface area contributed by atoms with Crippen molar-refractivity contribution in [3.05, 3.63) is 51.9 Å². The minimum absolute atomic E-state index is 0.0405. The molecular formula is C25H22F3NO5S. The summed E-state index contributed by atoms with van der Waals surface area (Å²) in [7, 11) is 0. The summed E-state index contributed by atoms with van der Waals surface area (Å²) >= 11 is 0.695. The van der Waals surface area contributed by atoms with Gasteiger partial charge in [0.15, 0.2) is 5.78 Å². The van der Waals surface area contributed by atoms with Crippen LogP contribution in [0.5, 0.6) is 11.5 Å². The van der Waals surface area contributed by atoms with E-state index in [0.29, 0.717) is 34.2 Å². The lowest BCUT2D eigenvalue weighted by atomic mass is 9.82. The van der Waals surface area contributed by atoms with Crippen molar-refractivity contribution in [2.45, 2.75) is 39.5 Å². The number of nitrogens with one attached hydrogen (secondary N) is 1. The minimum Gasteiger partial charge on any atom is -0.492 e. The van der Waals surface area contributed by atoms with Gasteiger partial charge >= 0.3 is 6.36 Å². The smallest absolute Gasteiger partial charge is 0.492 e. The summed E-state index contributed by atoms with van der Waals surface area (Å²) in [4.78, 5) is 36.4. The zero-order chi connectivity index (χ0) is 25.7. The summed E-state index contributed by atoms with van der Waals surface area (Å²) in [6, 6.07) is 7.15. The topological polar surface area (TPSA) is 81.7 Å². The molecule has 4 rings (SSSR count). The van der Waals surface area contributed by atoms with Crippen LogP contribution in [-0.2, 0) is 10.2 Å². The Morgan fingerprint density at radius 3 is 2.49 bits per heavy atom. The van der Waals surface area contributed by atoms with Crippen LogP contribution in [0, 0.1) is 5.92 Å². The molecule has 2 aromatic carbocycles. The quantitative estimate of drug-likeness (QED) is 0.392. The molecule has 184 valence electrons. The molecule has 6 nitrogen and oxygen atoms in total. The molecule has 0 saturated carbocycles. The zero-order valence-corrected chi connectivity index (χ0v) is 20.1. The van der Waals surface area contributed by atoms with Crippen molar-refractivity contribution in [3.8, 4) is 22.6 Å². The van der Waals surface area contributed by atoms with Crippen molar-refractivity contribution in [2.24, 2.45) is 5.92 Å². The first kappa shape index (κ1) is 24.8. The molecule has 2 aromatic rings. The van der Waals surface area contributed by atoms with Crippen LogP contribution < -0.4 is 14.8 Å². The molecule has 0 bridgehead atoms. The Labute approximate surface area is 203 Å². The van der Waals surface area contributed by atoms with E-state index in [9.17, 15) is 27.6 Å². The van der Waals surface area contributed by atoms with E-state index in [1.54, 1.807) is 19.9 Å². The van der Waals surface area contributed by atoms with Gasteiger partial charge in [0.25, 0.3) is 11.1 Å². The number of halogens is 3. The van der Waals surface area contributed by atoms with E-state index in [4.69, 9.17) is 4.74 Å². The largest absolute Gasteiger partial charge is 0.573 e. The maximum absolute atomic E-state index is 13.3. The number of ether oxygens (including phenoxy) is 2. The van der Waals surface area contributed by atoms with Crippen molar-refractivity contribution < 1.29 is 37.0 Å². The van der Waals surface area contributed by atoms with E-state index >= 15 is 0 Å². The Bertz CT molecular complexity index is 1280. The predicted octanol–water partition coefficient (Wildman–Crippen LogP) is 6.08. The Kier molecular flexibility index (Phi) is 6.21. The maximum atomic E-state index is 13.3. The van der Waals surface area contributed by atoms with Crippen molar-refractivity contribution in [3.63, 3.8) is 0 Å². The number of amides is 2. The van der Waals surface area contributed by atoms with E-state index in [2.05, 4.69) is 10.1 Å². The zero-order valence-electron chi connectivity index (χ0n) is 19.3. The van der Waals surface area contributed by atoms with Crippen molar-refractivity contribution in [2.75, 3.05) is 6.61 Å². The first-order valence-corrected chi connectivity index (χ1v) is 11.6. The Morgan fingerprint density at radius 1 is 1.17 bits per heavy atom. The summed E-state index contributed by atoms with van der Waals surface area (Å²) < 4.78 is 50.0. The van der Waals surface area contributed by atoms with Crippen molar-refractivity contribution in [1.29, 1.82) is 0 Å². The van der Waals surface area contributed by atoms with Crippen LogP contribution in [0.25, 0.3) is 17.2 Å². The molecule has 0 unspecified atom stereocenters. The number of alkyl halides is 3. The summed E-state index contributed by atoms with van der Waals surface area (Å²) in [5, 5.41) is 1.60. The number of carbonyl (C=O) groups excluding carboxylic acids is 3. The third-order valence-corrected chi connectivity index (χ3v) is 6.47. The molecule has 2 heterocycles. The lowest BCUT2D eigenvalue weighted by Crippen LogP contribution is -2.19. The van der Waals surface area contributed by atoms with Gasteiger partial charge in [-0.25, -0.2) is 0 Å². The molecule has 2 aliphatic rings. The molecule has 1 fully saturated rings. The van der Waals surface area contributed by atoms with E-state index in [1.165, 1.54) is 24.3 Å². The van der Waals surface area contributed by atoms with E-state index in [-0.39, 0.29) is 34.3 Å². The molecule has 2 aliphatic heterocycles. The fraction of sp³-hybridized carbons (Fsp3) is 0.320. The van der Waals surface area contributed by atoms with Gasteiger partial charge in [0.05, 0.1) is 11.5 Å². The number of ketones is 1. The second-order valence-electron chi connectivity index (χ2n) is 9.25. The first-order valence-electron chi connectivity index (χ1n) is 10.8. The lowest BCUT2D eigenvalue weighted by molar-refractivity contribution is -0.274. The van der Waals surface area contributed by atoms with Gasteiger partial charge in [-0.2, -0.15) is 0 Å². The average molecular weight is 506 g/mol. The number of rotatable bonds is 5. The molecule has 1 N–H and O–H groups in total. The van der Waals surface area contributed by atoms with Crippen molar-refractivity contribution in [1.82, 2.24) is 5.32 Å². The third kappa shape index (κ3) is 5.07. The second kappa shape index (κ2) is 8.75. The highest BCUT2D eigenvalue weighted by Crippen LogP contribution is 2.48. The molecule has 1 saturated heterocycles. The Balaban J connectivity index is 1.95. The number of hydrogen-bond donors (Lipinski definition) is 1. The van der Waals surface area contributed by atoms with Gasteiger partial charge in [0.2, 0.25) is 0 Å². The molecular weight excluding hydrogens is 483 g/mol. The molecule has 0 atom stereocenters. The highest BCUT2D eigenvalue weighted by molar-refractivity contribution is 8.18.